The molecule has 0 aromatic heterocycles. The van der Waals surface area contributed by atoms with Crippen LogP contribution in [0.1, 0.15) is 31.7 Å². The summed E-state index contributed by atoms with van der Waals surface area (Å²) in [5.41, 5.74) is 7.06. The number of carbonyl (C=O) groups is 1. The smallest absolute Gasteiger partial charge is 0.224 e. The first-order chi connectivity index (χ1) is 8.04. The number of amides is 1. The van der Waals surface area contributed by atoms with Gasteiger partial charge in [0.05, 0.1) is 0 Å². The number of carbonyl (C=O) groups excluding carboxylic acids is 1. The number of halogens is 1. The molecule has 0 aliphatic rings. The number of anilines is 1. The summed E-state index contributed by atoms with van der Waals surface area (Å²) in [6.45, 7) is 2.06. The van der Waals surface area contributed by atoms with E-state index in [-0.39, 0.29) is 5.91 Å². The summed E-state index contributed by atoms with van der Waals surface area (Å²) < 4.78 is 0.790. The van der Waals surface area contributed by atoms with Gasteiger partial charge in [0.2, 0.25) is 5.91 Å². The molecule has 0 spiro atoms. The minimum atomic E-state index is 0.0295. The summed E-state index contributed by atoms with van der Waals surface area (Å²) in [5.74, 6) is 0.0295. The normalized spacial score (nSPS) is 10.0. The highest BCUT2D eigenvalue weighted by molar-refractivity contribution is 9.10. The van der Waals surface area contributed by atoms with Crippen molar-refractivity contribution >= 4 is 44.7 Å². The van der Waals surface area contributed by atoms with Gasteiger partial charge < -0.3 is 11.1 Å². The van der Waals surface area contributed by atoms with Gasteiger partial charge in [-0.1, -0.05) is 25.6 Å². The third-order valence-electron chi connectivity index (χ3n) is 2.28. The lowest BCUT2D eigenvalue weighted by Crippen LogP contribution is -2.13. The average Bonchev–Trinajstić information content (AvgIpc) is 2.26. The van der Waals surface area contributed by atoms with Crippen LogP contribution in [0.2, 0.25) is 0 Å². The molecule has 5 heteroatoms. The Hall–Kier alpha value is -0.940. The molecule has 3 N–H and O–H groups in total. The van der Waals surface area contributed by atoms with Crippen molar-refractivity contribution in [3.05, 3.63) is 28.2 Å². The molecule has 0 saturated carbocycles. The standard InChI is InChI=1S/C12H15BrN2OS/c1-2-3-4-11(16)15-8-5-6-9(12(14)17)10(13)7-8/h5-7H,2-4H2,1H3,(H2,14,17)(H,15,16). The molecule has 0 radical (unpaired) electrons. The first-order valence-corrected chi connectivity index (χ1v) is 6.64. The first kappa shape index (κ1) is 14.1. The third-order valence-corrected chi connectivity index (χ3v) is 3.15. The minimum absolute atomic E-state index is 0.0295. The zero-order chi connectivity index (χ0) is 12.8. The van der Waals surface area contributed by atoms with E-state index in [0.29, 0.717) is 11.4 Å². The number of nitrogens with one attached hydrogen (secondary N) is 1. The molecule has 1 amide bonds. The summed E-state index contributed by atoms with van der Waals surface area (Å²) in [6, 6.07) is 5.39. The Labute approximate surface area is 115 Å². The van der Waals surface area contributed by atoms with Crippen molar-refractivity contribution in [3.63, 3.8) is 0 Å². The molecule has 0 aliphatic heterocycles. The number of hydrogen-bond acceptors (Lipinski definition) is 2. The second-order valence-corrected chi connectivity index (χ2v) is 5.00. The average molecular weight is 315 g/mol. The molecular formula is C12H15BrN2OS. The van der Waals surface area contributed by atoms with Crippen LogP contribution in [0.5, 0.6) is 0 Å². The molecule has 0 saturated heterocycles. The van der Waals surface area contributed by atoms with Crippen LogP contribution in [-0.4, -0.2) is 10.9 Å². The van der Waals surface area contributed by atoms with Gasteiger partial charge in [-0.25, -0.2) is 0 Å². The third kappa shape index (κ3) is 4.44. The summed E-state index contributed by atoms with van der Waals surface area (Å²) in [4.78, 5) is 11.9. The number of thiocarbonyl (C=S) groups is 1. The van der Waals surface area contributed by atoms with Gasteiger partial charge >= 0.3 is 0 Å². The van der Waals surface area contributed by atoms with Crippen molar-refractivity contribution in [2.75, 3.05) is 5.32 Å². The quantitative estimate of drug-likeness (QED) is 0.820. The number of rotatable bonds is 5. The van der Waals surface area contributed by atoms with E-state index in [1.807, 2.05) is 0 Å². The topological polar surface area (TPSA) is 55.1 Å². The SMILES string of the molecule is CCCCC(=O)Nc1ccc(C(N)=S)c(Br)c1. The second kappa shape index (κ2) is 6.71. The lowest BCUT2D eigenvalue weighted by atomic mass is 10.2. The fraction of sp³-hybridized carbons (Fsp3) is 0.333. The molecule has 1 aromatic rings. The molecule has 0 fully saturated rings. The van der Waals surface area contributed by atoms with Gasteiger partial charge in [-0.15, -0.1) is 0 Å². The first-order valence-electron chi connectivity index (χ1n) is 5.43. The van der Waals surface area contributed by atoms with Crippen molar-refractivity contribution in [2.24, 2.45) is 5.73 Å². The van der Waals surface area contributed by atoms with Crippen LogP contribution < -0.4 is 11.1 Å². The van der Waals surface area contributed by atoms with Gasteiger partial charge in [0.1, 0.15) is 4.99 Å². The largest absolute Gasteiger partial charge is 0.389 e. The summed E-state index contributed by atoms with van der Waals surface area (Å²) >= 11 is 8.27. The summed E-state index contributed by atoms with van der Waals surface area (Å²) in [6.07, 6.45) is 2.46. The van der Waals surface area contributed by atoms with Crippen LogP contribution in [0.15, 0.2) is 22.7 Å². The Balaban J connectivity index is 2.70. The molecule has 0 bridgehead atoms. The highest BCUT2D eigenvalue weighted by atomic mass is 79.9. The van der Waals surface area contributed by atoms with Gasteiger partial charge in [0, 0.05) is 22.1 Å². The number of nitrogens with two attached hydrogens (primary N) is 1. The minimum Gasteiger partial charge on any atom is -0.389 e. The Morgan fingerprint density at radius 2 is 2.24 bits per heavy atom. The van der Waals surface area contributed by atoms with E-state index in [1.165, 1.54) is 0 Å². The maximum Gasteiger partial charge on any atom is 0.224 e. The Kier molecular flexibility index (Phi) is 5.58. The van der Waals surface area contributed by atoms with E-state index in [1.54, 1.807) is 18.2 Å². The zero-order valence-corrected chi connectivity index (χ0v) is 12.0. The van der Waals surface area contributed by atoms with Crippen molar-refractivity contribution < 1.29 is 4.79 Å². The fourth-order valence-corrected chi connectivity index (χ4v) is 2.26. The van der Waals surface area contributed by atoms with Crippen LogP contribution in [-0.2, 0) is 4.79 Å². The zero-order valence-electron chi connectivity index (χ0n) is 9.63. The van der Waals surface area contributed by atoms with Crippen LogP contribution in [0, 0.1) is 0 Å². The number of benzene rings is 1. The van der Waals surface area contributed by atoms with E-state index >= 15 is 0 Å². The Morgan fingerprint density at radius 3 is 2.76 bits per heavy atom. The summed E-state index contributed by atoms with van der Waals surface area (Å²) in [7, 11) is 0. The predicted molar refractivity (Wildman–Crippen MR) is 78.2 cm³/mol. The van der Waals surface area contributed by atoms with Crippen LogP contribution in [0.4, 0.5) is 5.69 Å². The van der Waals surface area contributed by atoms with Gasteiger partial charge in [0.15, 0.2) is 0 Å². The number of hydrogen-bond donors (Lipinski definition) is 2. The second-order valence-electron chi connectivity index (χ2n) is 3.71. The van der Waals surface area contributed by atoms with E-state index in [4.69, 9.17) is 18.0 Å². The van der Waals surface area contributed by atoms with Gasteiger partial charge in [0.25, 0.3) is 0 Å². The highest BCUT2D eigenvalue weighted by Gasteiger charge is 2.06. The lowest BCUT2D eigenvalue weighted by molar-refractivity contribution is -0.116. The molecule has 3 nitrogen and oxygen atoms in total. The van der Waals surface area contributed by atoms with Crippen LogP contribution in [0.3, 0.4) is 0 Å². The Bertz CT molecular complexity index is 435. The molecule has 92 valence electrons. The van der Waals surface area contributed by atoms with Crippen molar-refractivity contribution in [1.82, 2.24) is 0 Å². The predicted octanol–water partition coefficient (Wildman–Crippen LogP) is 3.21. The van der Waals surface area contributed by atoms with Crippen molar-refractivity contribution in [3.8, 4) is 0 Å². The monoisotopic (exact) mass is 314 g/mol. The molecule has 17 heavy (non-hydrogen) atoms. The molecule has 1 rings (SSSR count). The van der Waals surface area contributed by atoms with E-state index in [0.717, 1.165) is 28.6 Å². The van der Waals surface area contributed by atoms with Crippen LogP contribution >= 0.6 is 28.1 Å². The van der Waals surface area contributed by atoms with Gasteiger partial charge in [-0.3, -0.25) is 4.79 Å². The molecule has 0 unspecified atom stereocenters. The molecule has 0 heterocycles. The van der Waals surface area contributed by atoms with Gasteiger partial charge in [-0.2, -0.15) is 0 Å². The lowest BCUT2D eigenvalue weighted by Gasteiger charge is -2.07. The van der Waals surface area contributed by atoms with Gasteiger partial charge in [-0.05, 0) is 40.5 Å². The Morgan fingerprint density at radius 1 is 1.53 bits per heavy atom. The van der Waals surface area contributed by atoms with Crippen molar-refractivity contribution in [2.45, 2.75) is 26.2 Å². The van der Waals surface area contributed by atoms with E-state index in [9.17, 15) is 4.79 Å². The summed E-state index contributed by atoms with van der Waals surface area (Å²) in [5, 5.41) is 2.83. The van der Waals surface area contributed by atoms with E-state index < -0.39 is 0 Å². The maximum absolute atomic E-state index is 11.5. The molecular weight excluding hydrogens is 300 g/mol. The molecule has 1 aromatic carbocycles. The molecule has 0 aliphatic carbocycles. The molecule has 0 atom stereocenters. The maximum atomic E-state index is 11.5. The fourth-order valence-electron chi connectivity index (χ4n) is 1.35. The van der Waals surface area contributed by atoms with E-state index in [2.05, 4.69) is 28.2 Å². The van der Waals surface area contributed by atoms with Crippen LogP contribution in [0.25, 0.3) is 0 Å². The number of unbranched alkanes of at least 4 members (excludes halogenated alkanes) is 1. The highest BCUT2D eigenvalue weighted by Crippen LogP contribution is 2.21. The van der Waals surface area contributed by atoms with Crippen molar-refractivity contribution in [1.29, 1.82) is 0 Å².